The molecule has 2 aromatic rings. The molecule has 6 heteroatoms. The van der Waals surface area contributed by atoms with Crippen LogP contribution < -0.4 is 10.6 Å². The van der Waals surface area contributed by atoms with Gasteiger partial charge in [0.15, 0.2) is 0 Å². The second-order valence-electron chi connectivity index (χ2n) is 7.74. The molecule has 0 aliphatic heterocycles. The number of benzene rings is 1. The third kappa shape index (κ3) is 5.20. The number of likely N-dealkylation sites (N-methyl/N-ethyl adjacent to an activating group) is 1. The van der Waals surface area contributed by atoms with Crippen LogP contribution in [0.1, 0.15) is 46.3 Å². The molecule has 1 atom stereocenters. The van der Waals surface area contributed by atoms with Crippen molar-refractivity contribution in [2.24, 2.45) is 5.92 Å². The zero-order chi connectivity index (χ0) is 20.1. The average Bonchev–Trinajstić information content (AvgIpc) is 3.06. The van der Waals surface area contributed by atoms with Crippen molar-refractivity contribution in [2.75, 3.05) is 31.3 Å². The fourth-order valence-corrected chi connectivity index (χ4v) is 4.83. The molecule has 2 N–H and O–H groups in total. The lowest BCUT2D eigenvalue weighted by molar-refractivity contribution is -0.116. The first-order chi connectivity index (χ1) is 13.5. The summed E-state index contributed by atoms with van der Waals surface area (Å²) in [5.74, 6) is 0.525. The van der Waals surface area contributed by atoms with Gasteiger partial charge >= 0.3 is 0 Å². The van der Waals surface area contributed by atoms with Gasteiger partial charge in [0.2, 0.25) is 5.91 Å². The van der Waals surface area contributed by atoms with Gasteiger partial charge in [-0.15, -0.1) is 11.3 Å². The monoisotopic (exact) mass is 399 g/mol. The van der Waals surface area contributed by atoms with Crippen LogP contribution in [-0.2, 0) is 17.6 Å². The Kier molecular flexibility index (Phi) is 6.86. The Labute approximate surface area is 171 Å². The maximum Gasteiger partial charge on any atom is 0.265 e. The van der Waals surface area contributed by atoms with Crippen LogP contribution in [0.4, 0.5) is 11.4 Å². The second-order valence-corrected chi connectivity index (χ2v) is 8.88. The van der Waals surface area contributed by atoms with Crippen LogP contribution in [0.25, 0.3) is 0 Å². The summed E-state index contributed by atoms with van der Waals surface area (Å²) in [4.78, 5) is 28.8. The summed E-state index contributed by atoms with van der Waals surface area (Å²) in [5, 5.41) is 5.85. The van der Waals surface area contributed by atoms with Crippen molar-refractivity contribution in [1.82, 2.24) is 4.90 Å². The number of hydrogen-bond donors (Lipinski definition) is 2. The van der Waals surface area contributed by atoms with E-state index >= 15 is 0 Å². The number of rotatable bonds is 7. The quantitative estimate of drug-likeness (QED) is 0.725. The zero-order valence-corrected chi connectivity index (χ0v) is 17.7. The van der Waals surface area contributed by atoms with Gasteiger partial charge in [0.1, 0.15) is 0 Å². The van der Waals surface area contributed by atoms with E-state index in [1.54, 1.807) is 22.3 Å². The number of fused-ring (bicyclic) bond motifs is 1. The Morgan fingerprint density at radius 1 is 1.18 bits per heavy atom. The highest BCUT2D eigenvalue weighted by Gasteiger charge is 2.23. The molecule has 1 heterocycles. The highest BCUT2D eigenvalue weighted by molar-refractivity contribution is 7.14. The normalized spacial score (nSPS) is 15.9. The molecule has 0 saturated carbocycles. The maximum atomic E-state index is 12.8. The van der Waals surface area contributed by atoms with Gasteiger partial charge in [-0.05, 0) is 63.0 Å². The van der Waals surface area contributed by atoms with E-state index in [1.807, 2.05) is 32.3 Å². The van der Waals surface area contributed by atoms with Crippen LogP contribution in [0.3, 0.4) is 0 Å². The van der Waals surface area contributed by atoms with E-state index in [2.05, 4.69) is 23.6 Å². The molecule has 0 saturated heterocycles. The smallest absolute Gasteiger partial charge is 0.265 e. The lowest BCUT2D eigenvalue weighted by Gasteiger charge is -2.21. The topological polar surface area (TPSA) is 61.4 Å². The fourth-order valence-electron chi connectivity index (χ4n) is 3.73. The van der Waals surface area contributed by atoms with Gasteiger partial charge in [0.25, 0.3) is 5.91 Å². The number of hydrogen-bond acceptors (Lipinski definition) is 4. The van der Waals surface area contributed by atoms with Crippen LogP contribution in [0.5, 0.6) is 0 Å². The van der Waals surface area contributed by atoms with Crippen molar-refractivity contribution in [3.63, 3.8) is 0 Å². The van der Waals surface area contributed by atoms with Crippen LogP contribution in [0, 0.1) is 5.92 Å². The highest BCUT2D eigenvalue weighted by atomic mass is 32.1. The van der Waals surface area contributed by atoms with Gasteiger partial charge in [-0.2, -0.15) is 0 Å². The van der Waals surface area contributed by atoms with Crippen LogP contribution >= 0.6 is 11.3 Å². The summed E-state index contributed by atoms with van der Waals surface area (Å²) < 4.78 is 0. The number of amides is 2. The number of carbonyl (C=O) groups excluding carboxylic acids is 2. The standard InChI is InChI=1S/C22H29N3O2S/c1-4-7-15-10-11-19-16(12-15)13-20(28-19)22(27)24-18-9-6-5-8-17(18)23-21(26)14-25(2)3/h5-6,8-9,13,15H,4,7,10-12,14H2,1-3H3,(H,23,26)(H,24,27). The highest BCUT2D eigenvalue weighted by Crippen LogP contribution is 2.34. The van der Waals surface area contributed by atoms with Crippen molar-refractivity contribution >= 4 is 34.5 Å². The molecular formula is C22H29N3O2S. The zero-order valence-electron chi connectivity index (χ0n) is 16.9. The van der Waals surface area contributed by atoms with Crippen molar-refractivity contribution in [2.45, 2.75) is 39.0 Å². The first-order valence-corrected chi connectivity index (χ1v) is 10.7. The first kappa shape index (κ1) is 20.6. The predicted molar refractivity (Wildman–Crippen MR) is 116 cm³/mol. The van der Waals surface area contributed by atoms with E-state index in [4.69, 9.17) is 0 Å². The minimum absolute atomic E-state index is 0.110. The van der Waals surface area contributed by atoms with E-state index < -0.39 is 0 Å². The summed E-state index contributed by atoms with van der Waals surface area (Å²) in [6.45, 7) is 2.52. The molecule has 1 aromatic heterocycles. The Balaban J connectivity index is 1.70. The van der Waals surface area contributed by atoms with Gasteiger partial charge in [-0.3, -0.25) is 9.59 Å². The van der Waals surface area contributed by atoms with Crippen LogP contribution in [0.15, 0.2) is 30.3 Å². The number of para-hydroxylation sites is 2. The maximum absolute atomic E-state index is 12.8. The first-order valence-electron chi connectivity index (χ1n) is 9.92. The average molecular weight is 400 g/mol. The summed E-state index contributed by atoms with van der Waals surface area (Å²) in [5.41, 5.74) is 2.58. The molecule has 1 aromatic carbocycles. The van der Waals surface area contributed by atoms with Crippen LogP contribution in [-0.4, -0.2) is 37.4 Å². The number of anilines is 2. The lowest BCUT2D eigenvalue weighted by atomic mass is 9.85. The largest absolute Gasteiger partial charge is 0.323 e. The van der Waals surface area contributed by atoms with Crippen molar-refractivity contribution in [1.29, 1.82) is 0 Å². The van der Waals surface area contributed by atoms with E-state index in [0.717, 1.165) is 23.6 Å². The van der Waals surface area contributed by atoms with Crippen LogP contribution in [0.2, 0.25) is 0 Å². The SMILES string of the molecule is CCCC1CCc2sc(C(=O)Nc3ccccc3NC(=O)CN(C)C)cc2C1. The van der Waals surface area contributed by atoms with E-state index in [9.17, 15) is 9.59 Å². The molecule has 1 unspecified atom stereocenters. The Morgan fingerprint density at radius 3 is 2.57 bits per heavy atom. The number of thiophene rings is 1. The lowest BCUT2D eigenvalue weighted by Crippen LogP contribution is -2.27. The molecule has 1 aliphatic rings. The third-order valence-electron chi connectivity index (χ3n) is 5.01. The molecule has 0 spiro atoms. The van der Waals surface area contributed by atoms with Gasteiger partial charge in [-0.1, -0.05) is 31.9 Å². The minimum atomic E-state index is -0.111. The van der Waals surface area contributed by atoms with Crippen molar-refractivity contribution in [3.05, 3.63) is 45.6 Å². The molecule has 150 valence electrons. The van der Waals surface area contributed by atoms with Gasteiger partial charge < -0.3 is 15.5 Å². The van der Waals surface area contributed by atoms with Crippen molar-refractivity contribution in [3.8, 4) is 0 Å². The molecule has 28 heavy (non-hydrogen) atoms. The Bertz CT molecular complexity index is 844. The number of aryl methyl sites for hydroxylation is 1. The molecule has 2 amide bonds. The summed E-state index contributed by atoms with van der Waals surface area (Å²) in [7, 11) is 3.69. The summed E-state index contributed by atoms with van der Waals surface area (Å²) in [6.07, 6.45) is 5.87. The molecule has 5 nitrogen and oxygen atoms in total. The van der Waals surface area contributed by atoms with Gasteiger partial charge in [0.05, 0.1) is 22.8 Å². The summed E-state index contributed by atoms with van der Waals surface area (Å²) in [6, 6.07) is 9.38. The van der Waals surface area contributed by atoms with E-state index in [-0.39, 0.29) is 11.8 Å². The number of nitrogens with zero attached hydrogens (tertiary/aromatic N) is 1. The van der Waals surface area contributed by atoms with Crippen molar-refractivity contribution < 1.29 is 9.59 Å². The molecule has 0 fully saturated rings. The minimum Gasteiger partial charge on any atom is -0.323 e. The molecule has 0 radical (unpaired) electrons. The number of carbonyl (C=O) groups is 2. The second kappa shape index (κ2) is 9.34. The van der Waals surface area contributed by atoms with Gasteiger partial charge in [0, 0.05) is 4.88 Å². The molecule has 3 rings (SSSR count). The molecule has 0 bridgehead atoms. The summed E-state index contributed by atoms with van der Waals surface area (Å²) >= 11 is 1.60. The fraction of sp³-hybridized carbons (Fsp3) is 0.455. The number of nitrogens with one attached hydrogen (secondary N) is 2. The Hall–Kier alpha value is -2.18. The predicted octanol–water partition coefficient (Wildman–Crippen LogP) is 4.41. The molecular weight excluding hydrogens is 370 g/mol. The van der Waals surface area contributed by atoms with E-state index in [1.165, 1.54) is 29.7 Å². The molecule has 1 aliphatic carbocycles. The third-order valence-corrected chi connectivity index (χ3v) is 6.25. The van der Waals surface area contributed by atoms with Gasteiger partial charge in [-0.25, -0.2) is 0 Å². The van der Waals surface area contributed by atoms with E-state index in [0.29, 0.717) is 17.9 Å². The Morgan fingerprint density at radius 2 is 1.89 bits per heavy atom.